The van der Waals surface area contributed by atoms with Gasteiger partial charge in [-0.15, -0.1) is 0 Å². The largest absolute Gasteiger partial charge is 0.391 e. The molecular weight excluding hydrogens is 268 g/mol. The van der Waals surface area contributed by atoms with E-state index in [9.17, 15) is 9.90 Å². The van der Waals surface area contributed by atoms with Gasteiger partial charge in [-0.1, -0.05) is 13.8 Å². The Labute approximate surface area is 128 Å². The van der Waals surface area contributed by atoms with Gasteiger partial charge in [0.05, 0.1) is 19.1 Å². The molecule has 0 aromatic carbocycles. The molecule has 5 nitrogen and oxygen atoms in total. The smallest absolute Gasteiger partial charge is 0.224 e. The number of amides is 1. The topological polar surface area (TPSA) is 53.0 Å². The molecule has 2 aliphatic rings. The number of rotatable bonds is 6. The predicted molar refractivity (Wildman–Crippen MR) is 82.1 cm³/mol. The summed E-state index contributed by atoms with van der Waals surface area (Å²) in [6, 6.07) is 0.316. The van der Waals surface area contributed by atoms with Gasteiger partial charge < -0.3 is 14.7 Å². The number of carbonyl (C=O) groups is 1. The van der Waals surface area contributed by atoms with Gasteiger partial charge in [-0.2, -0.15) is 0 Å². The fraction of sp³-hybridized carbons (Fsp3) is 0.938. The quantitative estimate of drug-likeness (QED) is 0.746. The lowest BCUT2D eigenvalue weighted by Crippen LogP contribution is -2.53. The Kier molecular flexibility index (Phi) is 6.45. The van der Waals surface area contributed by atoms with Crippen molar-refractivity contribution in [2.75, 3.05) is 39.4 Å². The van der Waals surface area contributed by atoms with Gasteiger partial charge in [0, 0.05) is 38.8 Å². The maximum Gasteiger partial charge on any atom is 0.224 e. The number of piperazine rings is 1. The number of hydrogen-bond acceptors (Lipinski definition) is 4. The van der Waals surface area contributed by atoms with E-state index in [4.69, 9.17) is 4.74 Å². The SMILES string of the molecule is CC(C)COCCC(=O)N1CCN([C@@H]2CCC[C@@H]2O)CC1. The Balaban J connectivity index is 1.65. The molecule has 2 rings (SSSR count). The second kappa shape index (κ2) is 8.11. The summed E-state index contributed by atoms with van der Waals surface area (Å²) >= 11 is 0. The molecule has 1 saturated carbocycles. The molecule has 1 saturated heterocycles. The summed E-state index contributed by atoms with van der Waals surface area (Å²) in [5.41, 5.74) is 0. The van der Waals surface area contributed by atoms with Gasteiger partial charge in [0.15, 0.2) is 0 Å². The number of aliphatic hydroxyl groups excluding tert-OH is 1. The molecule has 1 amide bonds. The first-order chi connectivity index (χ1) is 10.1. The number of aliphatic hydroxyl groups is 1. The van der Waals surface area contributed by atoms with Gasteiger partial charge in [-0.3, -0.25) is 9.69 Å². The van der Waals surface area contributed by atoms with Crippen LogP contribution in [0.5, 0.6) is 0 Å². The molecule has 1 aliphatic heterocycles. The highest BCUT2D eigenvalue weighted by molar-refractivity contribution is 5.76. The molecule has 1 aliphatic carbocycles. The Bertz CT molecular complexity index is 327. The third kappa shape index (κ3) is 4.94. The lowest BCUT2D eigenvalue weighted by atomic mass is 10.1. The molecule has 122 valence electrons. The van der Waals surface area contributed by atoms with E-state index < -0.39 is 0 Å². The maximum absolute atomic E-state index is 12.1. The van der Waals surface area contributed by atoms with Crippen LogP contribution in [0.2, 0.25) is 0 Å². The van der Waals surface area contributed by atoms with Gasteiger partial charge in [0.2, 0.25) is 5.91 Å². The van der Waals surface area contributed by atoms with Gasteiger partial charge >= 0.3 is 0 Å². The van der Waals surface area contributed by atoms with Crippen LogP contribution < -0.4 is 0 Å². The van der Waals surface area contributed by atoms with Gasteiger partial charge in [-0.25, -0.2) is 0 Å². The minimum atomic E-state index is -0.170. The van der Waals surface area contributed by atoms with Crippen molar-refractivity contribution < 1.29 is 14.6 Å². The van der Waals surface area contributed by atoms with E-state index in [2.05, 4.69) is 18.7 Å². The van der Waals surface area contributed by atoms with Crippen molar-refractivity contribution in [1.82, 2.24) is 9.80 Å². The molecule has 21 heavy (non-hydrogen) atoms. The number of carbonyl (C=O) groups excluding carboxylic acids is 1. The van der Waals surface area contributed by atoms with Crippen LogP contribution in [0.25, 0.3) is 0 Å². The van der Waals surface area contributed by atoms with Crippen LogP contribution in [-0.4, -0.2) is 72.4 Å². The molecule has 0 unspecified atom stereocenters. The molecule has 1 heterocycles. The van der Waals surface area contributed by atoms with E-state index in [-0.39, 0.29) is 12.0 Å². The van der Waals surface area contributed by atoms with Crippen molar-refractivity contribution in [2.45, 2.75) is 51.7 Å². The summed E-state index contributed by atoms with van der Waals surface area (Å²) in [5.74, 6) is 0.715. The molecule has 0 bridgehead atoms. The zero-order valence-electron chi connectivity index (χ0n) is 13.5. The van der Waals surface area contributed by atoms with Crippen LogP contribution >= 0.6 is 0 Å². The minimum Gasteiger partial charge on any atom is -0.391 e. The Morgan fingerprint density at radius 1 is 1.24 bits per heavy atom. The average molecular weight is 298 g/mol. The fourth-order valence-corrected chi connectivity index (χ4v) is 3.29. The first kappa shape index (κ1) is 16.7. The van der Waals surface area contributed by atoms with Crippen molar-refractivity contribution in [1.29, 1.82) is 0 Å². The lowest BCUT2D eigenvalue weighted by molar-refractivity contribution is -0.134. The zero-order valence-corrected chi connectivity index (χ0v) is 13.5. The second-order valence-electron chi connectivity index (χ2n) is 6.70. The zero-order chi connectivity index (χ0) is 15.2. The summed E-state index contributed by atoms with van der Waals surface area (Å²) in [7, 11) is 0. The first-order valence-electron chi connectivity index (χ1n) is 8.35. The molecule has 0 radical (unpaired) electrons. The van der Waals surface area contributed by atoms with E-state index in [1.807, 2.05) is 4.90 Å². The first-order valence-corrected chi connectivity index (χ1v) is 8.35. The molecule has 2 atom stereocenters. The normalized spacial score (nSPS) is 27.5. The standard InChI is InChI=1S/C16H30N2O3/c1-13(2)12-21-11-6-16(20)18-9-7-17(8-10-18)14-4-3-5-15(14)19/h13-15,19H,3-12H2,1-2H3/t14-,15+/m1/s1. The van der Waals surface area contributed by atoms with Crippen LogP contribution in [0.1, 0.15) is 39.5 Å². The van der Waals surface area contributed by atoms with Crippen LogP contribution in [0.15, 0.2) is 0 Å². The molecule has 5 heteroatoms. The van der Waals surface area contributed by atoms with Gasteiger partial charge in [0.25, 0.3) is 0 Å². The van der Waals surface area contributed by atoms with Gasteiger partial charge in [0.1, 0.15) is 0 Å². The molecule has 2 fully saturated rings. The van der Waals surface area contributed by atoms with Crippen molar-refractivity contribution >= 4 is 5.91 Å². The van der Waals surface area contributed by atoms with E-state index >= 15 is 0 Å². The van der Waals surface area contributed by atoms with E-state index in [0.717, 1.165) is 52.0 Å². The van der Waals surface area contributed by atoms with Gasteiger partial charge in [-0.05, 0) is 25.2 Å². The Morgan fingerprint density at radius 3 is 2.52 bits per heavy atom. The average Bonchev–Trinajstić information content (AvgIpc) is 2.89. The highest BCUT2D eigenvalue weighted by atomic mass is 16.5. The monoisotopic (exact) mass is 298 g/mol. The second-order valence-corrected chi connectivity index (χ2v) is 6.70. The summed E-state index contributed by atoms with van der Waals surface area (Å²) < 4.78 is 5.48. The third-order valence-corrected chi connectivity index (χ3v) is 4.49. The van der Waals surface area contributed by atoms with E-state index in [1.54, 1.807) is 0 Å². The highest BCUT2D eigenvalue weighted by Crippen LogP contribution is 2.25. The molecule has 1 N–H and O–H groups in total. The third-order valence-electron chi connectivity index (χ3n) is 4.49. The number of ether oxygens (including phenoxy) is 1. The molecular formula is C16H30N2O3. The van der Waals surface area contributed by atoms with Crippen molar-refractivity contribution in [3.8, 4) is 0 Å². The Hall–Kier alpha value is -0.650. The number of nitrogens with zero attached hydrogens (tertiary/aromatic N) is 2. The number of hydrogen-bond donors (Lipinski definition) is 1. The summed E-state index contributed by atoms with van der Waals surface area (Å²) in [6.45, 7) is 8.81. The van der Waals surface area contributed by atoms with Crippen molar-refractivity contribution in [3.63, 3.8) is 0 Å². The lowest BCUT2D eigenvalue weighted by Gasteiger charge is -2.39. The molecule has 0 aromatic rings. The van der Waals surface area contributed by atoms with E-state index in [1.165, 1.54) is 0 Å². The molecule has 0 aromatic heterocycles. The van der Waals surface area contributed by atoms with Crippen molar-refractivity contribution in [2.24, 2.45) is 5.92 Å². The summed E-state index contributed by atoms with van der Waals surface area (Å²) in [4.78, 5) is 16.4. The fourth-order valence-electron chi connectivity index (χ4n) is 3.29. The minimum absolute atomic E-state index is 0.170. The van der Waals surface area contributed by atoms with Crippen molar-refractivity contribution in [3.05, 3.63) is 0 Å². The van der Waals surface area contributed by atoms with E-state index in [0.29, 0.717) is 25.0 Å². The summed E-state index contributed by atoms with van der Waals surface area (Å²) in [5, 5.41) is 9.97. The van der Waals surface area contributed by atoms with Crippen LogP contribution in [0.4, 0.5) is 0 Å². The summed E-state index contributed by atoms with van der Waals surface area (Å²) in [6.07, 6.45) is 3.46. The Morgan fingerprint density at radius 2 is 1.95 bits per heavy atom. The highest BCUT2D eigenvalue weighted by Gasteiger charge is 2.33. The van der Waals surface area contributed by atoms with Crippen LogP contribution in [0, 0.1) is 5.92 Å². The maximum atomic E-state index is 12.1. The predicted octanol–water partition coefficient (Wildman–Crippen LogP) is 1.11. The van der Waals surface area contributed by atoms with Crippen LogP contribution in [0.3, 0.4) is 0 Å². The molecule has 0 spiro atoms. The van der Waals surface area contributed by atoms with Crippen LogP contribution in [-0.2, 0) is 9.53 Å².